The summed E-state index contributed by atoms with van der Waals surface area (Å²) < 4.78 is 0. The van der Waals surface area contributed by atoms with Crippen LogP contribution in [-0.4, -0.2) is 6.54 Å². The first kappa shape index (κ1) is 12.8. The average Bonchev–Trinajstić information content (AvgIpc) is 3.20. The lowest BCUT2D eigenvalue weighted by molar-refractivity contribution is 0.378. The molecule has 1 nitrogen and oxygen atoms in total. The zero-order valence-corrected chi connectivity index (χ0v) is 12.0. The average molecular weight is 284 g/mol. The van der Waals surface area contributed by atoms with Gasteiger partial charge in [-0.25, -0.2) is 0 Å². The largest absolute Gasteiger partial charge is 0.312 e. The Bertz CT molecular complexity index is 413. The molecule has 3 rings (SSSR count). The van der Waals surface area contributed by atoms with Crippen LogP contribution in [0.5, 0.6) is 0 Å². The molecule has 2 aliphatic rings. The molecule has 0 aromatic heterocycles. The van der Waals surface area contributed by atoms with E-state index < -0.39 is 0 Å². The molecule has 0 amide bonds. The summed E-state index contributed by atoms with van der Waals surface area (Å²) in [6, 6.07) is 5.74. The summed E-state index contributed by atoms with van der Waals surface area (Å²) in [5.74, 6) is 2.92. The van der Waals surface area contributed by atoms with E-state index in [0.717, 1.165) is 41.4 Å². The van der Waals surface area contributed by atoms with Crippen molar-refractivity contribution in [3.8, 4) is 0 Å². The molecule has 2 saturated carbocycles. The van der Waals surface area contributed by atoms with Crippen molar-refractivity contribution in [3.63, 3.8) is 0 Å². The minimum absolute atomic E-state index is 0.706. The van der Waals surface area contributed by atoms with Crippen LogP contribution in [0.4, 0.5) is 0 Å². The van der Waals surface area contributed by atoms with Crippen molar-refractivity contribution in [1.29, 1.82) is 0 Å². The Balaban J connectivity index is 1.51. The summed E-state index contributed by atoms with van der Waals surface area (Å²) in [7, 11) is 0. The smallest absolute Gasteiger partial charge is 0.0465 e. The molecule has 0 aliphatic heterocycles. The van der Waals surface area contributed by atoms with Gasteiger partial charge in [0.2, 0.25) is 0 Å². The third-order valence-electron chi connectivity index (χ3n) is 4.17. The number of hydrogen-bond acceptors (Lipinski definition) is 1. The van der Waals surface area contributed by atoms with Gasteiger partial charge in [0.15, 0.2) is 0 Å². The highest BCUT2D eigenvalue weighted by molar-refractivity contribution is 6.35. The fourth-order valence-electron chi connectivity index (χ4n) is 2.81. The van der Waals surface area contributed by atoms with Crippen LogP contribution in [0.3, 0.4) is 0 Å². The number of rotatable bonds is 6. The van der Waals surface area contributed by atoms with Gasteiger partial charge in [-0.1, -0.05) is 29.3 Å². The molecule has 2 aliphatic carbocycles. The van der Waals surface area contributed by atoms with E-state index in [0.29, 0.717) is 5.02 Å². The van der Waals surface area contributed by atoms with E-state index in [1.807, 2.05) is 18.2 Å². The van der Waals surface area contributed by atoms with Crippen LogP contribution in [0, 0.1) is 17.8 Å². The quantitative estimate of drug-likeness (QED) is 0.810. The lowest BCUT2D eigenvalue weighted by Gasteiger charge is -2.16. The van der Waals surface area contributed by atoms with Crippen molar-refractivity contribution < 1.29 is 0 Å². The van der Waals surface area contributed by atoms with Crippen molar-refractivity contribution in [1.82, 2.24) is 5.32 Å². The minimum atomic E-state index is 0.706. The molecule has 1 aromatic carbocycles. The van der Waals surface area contributed by atoms with E-state index in [2.05, 4.69) is 5.32 Å². The van der Waals surface area contributed by atoms with Gasteiger partial charge in [0.25, 0.3) is 0 Å². The molecule has 3 heteroatoms. The topological polar surface area (TPSA) is 12.0 Å². The van der Waals surface area contributed by atoms with Gasteiger partial charge >= 0.3 is 0 Å². The Hall–Kier alpha value is -0.240. The molecule has 0 unspecified atom stereocenters. The van der Waals surface area contributed by atoms with E-state index in [1.165, 1.54) is 25.7 Å². The van der Waals surface area contributed by atoms with Crippen LogP contribution in [-0.2, 0) is 6.54 Å². The Labute approximate surface area is 119 Å². The zero-order valence-electron chi connectivity index (χ0n) is 10.5. The second kappa shape index (κ2) is 5.40. The maximum absolute atomic E-state index is 6.17. The van der Waals surface area contributed by atoms with E-state index in [9.17, 15) is 0 Å². The van der Waals surface area contributed by atoms with Crippen molar-refractivity contribution in [2.45, 2.75) is 32.2 Å². The molecule has 0 bridgehead atoms. The highest BCUT2D eigenvalue weighted by Crippen LogP contribution is 2.48. The Kier molecular flexibility index (Phi) is 3.83. The third kappa shape index (κ3) is 3.20. The van der Waals surface area contributed by atoms with Gasteiger partial charge in [-0.2, -0.15) is 0 Å². The van der Waals surface area contributed by atoms with Crippen LogP contribution < -0.4 is 5.32 Å². The maximum atomic E-state index is 6.17. The van der Waals surface area contributed by atoms with Gasteiger partial charge in [-0.15, -0.1) is 0 Å². The van der Waals surface area contributed by atoms with Crippen LogP contribution >= 0.6 is 23.2 Å². The van der Waals surface area contributed by atoms with E-state index >= 15 is 0 Å². The SMILES string of the molecule is Clc1ccc(CNCC(C2CC2)C2CC2)c(Cl)c1. The van der Waals surface area contributed by atoms with Gasteiger partial charge in [0.1, 0.15) is 0 Å². The summed E-state index contributed by atoms with van der Waals surface area (Å²) in [4.78, 5) is 0. The molecule has 1 aromatic rings. The van der Waals surface area contributed by atoms with Crippen molar-refractivity contribution in [3.05, 3.63) is 33.8 Å². The molecular weight excluding hydrogens is 265 g/mol. The van der Waals surface area contributed by atoms with Crippen molar-refractivity contribution in [2.75, 3.05) is 6.54 Å². The number of nitrogens with one attached hydrogen (secondary N) is 1. The molecule has 2 fully saturated rings. The molecule has 98 valence electrons. The second-order valence-corrected chi connectivity index (χ2v) is 6.55. The first-order valence-corrected chi connectivity index (χ1v) is 7.64. The number of hydrogen-bond donors (Lipinski definition) is 1. The third-order valence-corrected chi connectivity index (χ3v) is 4.75. The van der Waals surface area contributed by atoms with Crippen LogP contribution in [0.25, 0.3) is 0 Å². The van der Waals surface area contributed by atoms with E-state index in [1.54, 1.807) is 0 Å². The Morgan fingerprint density at radius 1 is 1.11 bits per heavy atom. The molecule has 0 radical (unpaired) electrons. The Morgan fingerprint density at radius 2 is 1.78 bits per heavy atom. The molecule has 0 atom stereocenters. The second-order valence-electron chi connectivity index (χ2n) is 5.71. The van der Waals surface area contributed by atoms with Crippen molar-refractivity contribution in [2.24, 2.45) is 17.8 Å². The summed E-state index contributed by atoms with van der Waals surface area (Å²) in [6.45, 7) is 2.00. The molecule has 18 heavy (non-hydrogen) atoms. The molecule has 1 N–H and O–H groups in total. The van der Waals surface area contributed by atoms with Gasteiger partial charge in [0, 0.05) is 16.6 Å². The first-order chi connectivity index (χ1) is 8.74. The van der Waals surface area contributed by atoms with Crippen LogP contribution in [0.1, 0.15) is 31.2 Å². The molecule has 0 saturated heterocycles. The fourth-order valence-corrected chi connectivity index (χ4v) is 3.28. The van der Waals surface area contributed by atoms with Gasteiger partial charge in [0.05, 0.1) is 0 Å². The molecular formula is C15H19Cl2N. The predicted octanol–water partition coefficient (Wildman–Crippen LogP) is 4.52. The van der Waals surface area contributed by atoms with Crippen LogP contribution in [0.15, 0.2) is 18.2 Å². The zero-order chi connectivity index (χ0) is 12.5. The van der Waals surface area contributed by atoms with Crippen molar-refractivity contribution >= 4 is 23.2 Å². The minimum Gasteiger partial charge on any atom is -0.312 e. The number of halogens is 2. The van der Waals surface area contributed by atoms with Gasteiger partial charge < -0.3 is 5.32 Å². The maximum Gasteiger partial charge on any atom is 0.0465 e. The van der Waals surface area contributed by atoms with E-state index in [4.69, 9.17) is 23.2 Å². The molecule has 0 heterocycles. The normalized spacial score (nSPS) is 19.5. The summed E-state index contributed by atoms with van der Waals surface area (Å²) in [5.41, 5.74) is 1.14. The Morgan fingerprint density at radius 3 is 2.33 bits per heavy atom. The van der Waals surface area contributed by atoms with Gasteiger partial charge in [-0.05, 0) is 67.7 Å². The lowest BCUT2D eigenvalue weighted by atomic mass is 9.98. The fraction of sp³-hybridized carbons (Fsp3) is 0.600. The molecule has 0 spiro atoms. The number of benzene rings is 1. The summed E-state index contributed by atoms with van der Waals surface area (Å²) in [5, 5.41) is 5.05. The predicted molar refractivity (Wildman–Crippen MR) is 77.1 cm³/mol. The highest BCUT2D eigenvalue weighted by atomic mass is 35.5. The lowest BCUT2D eigenvalue weighted by Crippen LogP contribution is -2.25. The monoisotopic (exact) mass is 283 g/mol. The highest BCUT2D eigenvalue weighted by Gasteiger charge is 2.40. The standard InChI is InChI=1S/C15H19Cl2N/c16-13-6-5-12(15(17)7-13)8-18-9-14(10-1-2-10)11-3-4-11/h5-7,10-11,14,18H,1-4,8-9H2. The first-order valence-electron chi connectivity index (χ1n) is 6.88. The van der Waals surface area contributed by atoms with Crippen LogP contribution in [0.2, 0.25) is 10.0 Å². The summed E-state index contributed by atoms with van der Waals surface area (Å²) >= 11 is 12.1. The van der Waals surface area contributed by atoms with Gasteiger partial charge in [-0.3, -0.25) is 0 Å². The summed E-state index contributed by atoms with van der Waals surface area (Å²) in [6.07, 6.45) is 5.80. The van der Waals surface area contributed by atoms with E-state index in [-0.39, 0.29) is 0 Å².